The SMILES string of the molecule is Cc1cccc(C(C)(C)c2ccc([N+](C)(C)C)cc2)c1. The zero-order valence-electron chi connectivity index (χ0n) is 13.6. The Kier molecular flexibility index (Phi) is 3.75. The quantitative estimate of drug-likeness (QED) is 0.718. The molecule has 1 nitrogen and oxygen atoms in total. The second-order valence-electron chi connectivity index (χ2n) is 7.05. The minimum Gasteiger partial charge on any atom is -0.298 e. The Bertz CT molecular complexity index is 586. The first kappa shape index (κ1) is 14.8. The molecule has 2 aromatic rings. The van der Waals surface area contributed by atoms with Crippen molar-refractivity contribution in [1.29, 1.82) is 0 Å². The smallest absolute Gasteiger partial charge is 0.132 e. The minimum atomic E-state index is 0.0371. The molecule has 0 heterocycles. The number of nitrogens with zero attached hydrogens (tertiary/aromatic N) is 1. The molecule has 0 radical (unpaired) electrons. The molecule has 2 rings (SSSR count). The molecule has 0 fully saturated rings. The van der Waals surface area contributed by atoms with Crippen LogP contribution in [0.15, 0.2) is 48.5 Å². The van der Waals surface area contributed by atoms with E-state index in [1.165, 1.54) is 22.4 Å². The van der Waals surface area contributed by atoms with Crippen LogP contribution in [0.3, 0.4) is 0 Å². The lowest BCUT2D eigenvalue weighted by molar-refractivity contribution is 0.486. The Balaban J connectivity index is 2.39. The highest BCUT2D eigenvalue weighted by Crippen LogP contribution is 2.33. The van der Waals surface area contributed by atoms with Crippen LogP contribution in [0.2, 0.25) is 0 Å². The van der Waals surface area contributed by atoms with E-state index < -0.39 is 0 Å². The van der Waals surface area contributed by atoms with Crippen molar-refractivity contribution in [2.45, 2.75) is 26.2 Å². The lowest BCUT2D eigenvalue weighted by atomic mass is 9.77. The fourth-order valence-corrected chi connectivity index (χ4v) is 2.53. The van der Waals surface area contributed by atoms with Crippen molar-refractivity contribution in [3.63, 3.8) is 0 Å². The Labute approximate surface area is 123 Å². The standard InChI is InChI=1S/C19H26N/c1-15-8-7-9-17(14-15)19(2,3)16-10-12-18(13-11-16)20(4,5)6/h7-14H,1-6H3/q+1. The zero-order chi connectivity index (χ0) is 15.0. The maximum absolute atomic E-state index is 2.29. The van der Waals surface area contributed by atoms with Gasteiger partial charge in [0, 0.05) is 5.41 Å². The van der Waals surface area contributed by atoms with E-state index in [9.17, 15) is 0 Å². The summed E-state index contributed by atoms with van der Waals surface area (Å²) < 4.78 is 0.852. The molecule has 0 aliphatic heterocycles. The van der Waals surface area contributed by atoms with E-state index in [1.54, 1.807) is 0 Å². The Morgan fingerprint density at radius 1 is 0.800 bits per heavy atom. The first-order chi connectivity index (χ1) is 9.21. The van der Waals surface area contributed by atoms with E-state index in [0.29, 0.717) is 0 Å². The van der Waals surface area contributed by atoms with Crippen molar-refractivity contribution >= 4 is 5.69 Å². The molecule has 0 aromatic heterocycles. The second kappa shape index (κ2) is 5.06. The Morgan fingerprint density at radius 3 is 1.90 bits per heavy atom. The topological polar surface area (TPSA) is 0 Å². The predicted octanol–water partition coefficient (Wildman–Crippen LogP) is 4.52. The summed E-state index contributed by atoms with van der Waals surface area (Å²) in [6.45, 7) is 6.74. The Morgan fingerprint density at radius 2 is 1.40 bits per heavy atom. The van der Waals surface area contributed by atoms with Crippen LogP contribution < -0.4 is 4.48 Å². The normalized spacial score (nSPS) is 12.5. The minimum absolute atomic E-state index is 0.0371. The highest BCUT2D eigenvalue weighted by Gasteiger charge is 2.24. The van der Waals surface area contributed by atoms with Gasteiger partial charge in [0.15, 0.2) is 0 Å². The average Bonchev–Trinajstić information content (AvgIpc) is 2.38. The molecule has 0 aliphatic rings. The van der Waals surface area contributed by atoms with Gasteiger partial charge in [-0.15, -0.1) is 0 Å². The van der Waals surface area contributed by atoms with Gasteiger partial charge in [0.1, 0.15) is 5.69 Å². The Hall–Kier alpha value is -1.60. The molecule has 1 heteroatoms. The first-order valence-electron chi connectivity index (χ1n) is 7.21. The van der Waals surface area contributed by atoms with Crippen LogP contribution in [-0.2, 0) is 5.41 Å². The van der Waals surface area contributed by atoms with Crippen LogP contribution >= 0.6 is 0 Å². The number of quaternary nitrogens is 1. The zero-order valence-corrected chi connectivity index (χ0v) is 13.6. The molecule has 0 saturated heterocycles. The largest absolute Gasteiger partial charge is 0.298 e. The van der Waals surface area contributed by atoms with Gasteiger partial charge >= 0.3 is 0 Å². The number of aryl methyl sites for hydroxylation is 1. The molecule has 0 spiro atoms. The van der Waals surface area contributed by atoms with Gasteiger partial charge in [-0.3, -0.25) is 4.48 Å². The molecule has 0 atom stereocenters. The summed E-state index contributed by atoms with van der Waals surface area (Å²) in [4.78, 5) is 0. The molecular weight excluding hydrogens is 242 g/mol. The van der Waals surface area contributed by atoms with Crippen LogP contribution in [0.1, 0.15) is 30.5 Å². The van der Waals surface area contributed by atoms with Crippen molar-refractivity contribution in [2.24, 2.45) is 0 Å². The molecule has 0 saturated carbocycles. The van der Waals surface area contributed by atoms with Crippen molar-refractivity contribution < 1.29 is 0 Å². The maximum Gasteiger partial charge on any atom is 0.132 e. The molecule has 20 heavy (non-hydrogen) atoms. The van der Waals surface area contributed by atoms with Crippen LogP contribution in [0.4, 0.5) is 5.69 Å². The van der Waals surface area contributed by atoms with E-state index in [1.807, 2.05) is 0 Å². The van der Waals surface area contributed by atoms with E-state index in [4.69, 9.17) is 0 Å². The van der Waals surface area contributed by atoms with Gasteiger partial charge in [-0.05, 0) is 30.2 Å². The van der Waals surface area contributed by atoms with E-state index in [2.05, 4.69) is 90.4 Å². The number of hydrogen-bond acceptors (Lipinski definition) is 0. The van der Waals surface area contributed by atoms with Gasteiger partial charge in [0.25, 0.3) is 0 Å². The molecular formula is C19H26N+. The lowest BCUT2D eigenvalue weighted by Crippen LogP contribution is -2.34. The third-order valence-electron chi connectivity index (χ3n) is 4.10. The fraction of sp³-hybridized carbons (Fsp3) is 0.368. The molecule has 0 unspecified atom stereocenters. The number of hydrogen-bond donors (Lipinski definition) is 0. The average molecular weight is 268 g/mol. The van der Waals surface area contributed by atoms with E-state index in [-0.39, 0.29) is 5.41 Å². The number of benzene rings is 2. The van der Waals surface area contributed by atoms with E-state index in [0.717, 1.165) is 4.48 Å². The third-order valence-corrected chi connectivity index (χ3v) is 4.10. The highest BCUT2D eigenvalue weighted by molar-refractivity contribution is 5.47. The van der Waals surface area contributed by atoms with Crippen molar-refractivity contribution in [3.8, 4) is 0 Å². The van der Waals surface area contributed by atoms with Crippen LogP contribution in [-0.4, -0.2) is 21.1 Å². The molecule has 0 aliphatic carbocycles. The summed E-state index contributed by atoms with van der Waals surface area (Å²) in [7, 11) is 6.59. The van der Waals surface area contributed by atoms with Gasteiger partial charge in [0.05, 0.1) is 21.1 Å². The molecule has 0 amide bonds. The fourth-order valence-electron chi connectivity index (χ4n) is 2.53. The van der Waals surface area contributed by atoms with Gasteiger partial charge in [-0.1, -0.05) is 55.8 Å². The summed E-state index contributed by atoms with van der Waals surface area (Å²) >= 11 is 0. The van der Waals surface area contributed by atoms with Crippen molar-refractivity contribution in [2.75, 3.05) is 21.1 Å². The van der Waals surface area contributed by atoms with Gasteiger partial charge in [-0.2, -0.15) is 0 Å². The van der Waals surface area contributed by atoms with Crippen LogP contribution in [0.5, 0.6) is 0 Å². The first-order valence-corrected chi connectivity index (χ1v) is 7.21. The van der Waals surface area contributed by atoms with Gasteiger partial charge in [-0.25, -0.2) is 0 Å². The summed E-state index contributed by atoms with van der Waals surface area (Å²) in [6.07, 6.45) is 0. The van der Waals surface area contributed by atoms with E-state index >= 15 is 0 Å². The summed E-state index contributed by atoms with van der Waals surface area (Å²) in [6, 6.07) is 17.8. The van der Waals surface area contributed by atoms with Gasteiger partial charge < -0.3 is 0 Å². The highest BCUT2D eigenvalue weighted by atomic mass is 15.3. The molecule has 0 N–H and O–H groups in total. The lowest BCUT2D eigenvalue weighted by Gasteiger charge is -2.28. The van der Waals surface area contributed by atoms with Crippen molar-refractivity contribution in [3.05, 3.63) is 65.2 Å². The molecule has 106 valence electrons. The van der Waals surface area contributed by atoms with Crippen molar-refractivity contribution in [1.82, 2.24) is 4.48 Å². The van der Waals surface area contributed by atoms with Crippen LogP contribution in [0, 0.1) is 6.92 Å². The third kappa shape index (κ3) is 2.94. The molecule has 2 aromatic carbocycles. The maximum atomic E-state index is 2.29. The predicted molar refractivity (Wildman–Crippen MR) is 89.3 cm³/mol. The molecule has 0 bridgehead atoms. The summed E-state index contributed by atoms with van der Waals surface area (Å²) in [5.74, 6) is 0. The summed E-state index contributed by atoms with van der Waals surface area (Å²) in [5, 5.41) is 0. The monoisotopic (exact) mass is 268 g/mol. The van der Waals surface area contributed by atoms with Crippen LogP contribution in [0.25, 0.3) is 0 Å². The van der Waals surface area contributed by atoms with Gasteiger partial charge in [0.2, 0.25) is 0 Å². The summed E-state index contributed by atoms with van der Waals surface area (Å²) in [5.41, 5.74) is 5.42. The number of rotatable bonds is 3. The second-order valence-corrected chi connectivity index (χ2v) is 7.05.